The number of unbranched alkanes of at least 4 members (excludes halogenated alkanes) is 7. The fraction of sp³-hybridized carbons (Fsp3) is 0.516. The Kier molecular flexibility index (Phi) is 10.4. The zero-order chi connectivity index (χ0) is 28.5. The SMILES string of the molecule is CCCCCCCCCCNC(=O)c1cn(CC)c2cc(N3CCN(C(=O)c4ccco4)CC3)c(F)cc2c1=O. The number of hydrogen-bond acceptors (Lipinski definition) is 5. The predicted octanol–water partition coefficient (Wildman–Crippen LogP) is 5.59. The molecule has 0 bridgehead atoms. The molecule has 1 aliphatic rings. The molecule has 0 radical (unpaired) electrons. The predicted molar refractivity (Wildman–Crippen MR) is 156 cm³/mol. The third-order valence-electron chi connectivity index (χ3n) is 7.69. The van der Waals surface area contributed by atoms with Crippen molar-refractivity contribution in [2.24, 2.45) is 0 Å². The lowest BCUT2D eigenvalue weighted by Crippen LogP contribution is -2.49. The van der Waals surface area contributed by atoms with Gasteiger partial charge in [0.15, 0.2) is 5.76 Å². The molecule has 0 spiro atoms. The third-order valence-corrected chi connectivity index (χ3v) is 7.69. The molecule has 1 saturated heterocycles. The fourth-order valence-corrected chi connectivity index (χ4v) is 5.33. The number of halogens is 1. The van der Waals surface area contributed by atoms with E-state index in [0.717, 1.165) is 19.3 Å². The second-order valence-electron chi connectivity index (χ2n) is 10.5. The van der Waals surface area contributed by atoms with Gasteiger partial charge in [-0.1, -0.05) is 51.9 Å². The molecule has 9 heteroatoms. The van der Waals surface area contributed by atoms with Gasteiger partial charge in [0.1, 0.15) is 11.4 Å². The van der Waals surface area contributed by atoms with Gasteiger partial charge < -0.3 is 24.1 Å². The van der Waals surface area contributed by atoms with E-state index in [-0.39, 0.29) is 22.6 Å². The number of carbonyl (C=O) groups is 2. The highest BCUT2D eigenvalue weighted by Crippen LogP contribution is 2.27. The number of rotatable bonds is 13. The van der Waals surface area contributed by atoms with E-state index < -0.39 is 17.2 Å². The number of furan rings is 1. The second kappa shape index (κ2) is 14.1. The summed E-state index contributed by atoms with van der Waals surface area (Å²) < 4.78 is 22.4. The minimum absolute atomic E-state index is 0.0334. The fourth-order valence-electron chi connectivity index (χ4n) is 5.33. The van der Waals surface area contributed by atoms with E-state index in [4.69, 9.17) is 4.42 Å². The van der Waals surface area contributed by atoms with Crippen LogP contribution in [0.3, 0.4) is 0 Å². The van der Waals surface area contributed by atoms with Crippen molar-refractivity contribution in [1.82, 2.24) is 14.8 Å². The van der Waals surface area contributed by atoms with Gasteiger partial charge in [0, 0.05) is 50.9 Å². The van der Waals surface area contributed by atoms with Gasteiger partial charge >= 0.3 is 0 Å². The molecule has 4 rings (SSSR count). The van der Waals surface area contributed by atoms with Gasteiger partial charge in [-0.15, -0.1) is 0 Å². The summed E-state index contributed by atoms with van der Waals surface area (Å²) >= 11 is 0. The van der Waals surface area contributed by atoms with Gasteiger partial charge in [0.05, 0.1) is 17.5 Å². The molecule has 1 N–H and O–H groups in total. The third kappa shape index (κ3) is 6.92. The molecule has 2 aromatic heterocycles. The zero-order valence-electron chi connectivity index (χ0n) is 23.7. The van der Waals surface area contributed by atoms with Crippen molar-refractivity contribution in [2.75, 3.05) is 37.6 Å². The van der Waals surface area contributed by atoms with Crippen LogP contribution in [0.4, 0.5) is 10.1 Å². The first kappa shape index (κ1) is 29.4. The molecule has 3 heterocycles. The molecular formula is C31H41FN4O4. The first-order chi connectivity index (χ1) is 19.4. The Morgan fingerprint density at radius 2 is 1.68 bits per heavy atom. The molecule has 0 aliphatic carbocycles. The number of pyridine rings is 1. The maximum Gasteiger partial charge on any atom is 0.289 e. The van der Waals surface area contributed by atoms with Crippen LogP contribution in [0.2, 0.25) is 0 Å². The summed E-state index contributed by atoms with van der Waals surface area (Å²) in [5.41, 5.74) is 0.530. The first-order valence-electron chi connectivity index (χ1n) is 14.7. The van der Waals surface area contributed by atoms with E-state index in [2.05, 4.69) is 12.2 Å². The van der Waals surface area contributed by atoms with E-state index in [1.165, 1.54) is 44.4 Å². The summed E-state index contributed by atoms with van der Waals surface area (Å²) in [5, 5.41) is 3.06. The number of aryl methyl sites for hydroxylation is 1. The highest BCUT2D eigenvalue weighted by atomic mass is 19.1. The molecule has 216 valence electrons. The molecule has 0 unspecified atom stereocenters. The summed E-state index contributed by atoms with van der Waals surface area (Å²) in [5.74, 6) is -0.833. The summed E-state index contributed by atoms with van der Waals surface area (Å²) in [6, 6.07) is 6.23. The number of carbonyl (C=O) groups excluding carboxylic acids is 2. The number of nitrogens with zero attached hydrogens (tertiary/aromatic N) is 3. The number of fused-ring (bicyclic) bond motifs is 1. The molecule has 1 aliphatic heterocycles. The number of benzene rings is 1. The summed E-state index contributed by atoms with van der Waals surface area (Å²) in [7, 11) is 0. The van der Waals surface area contributed by atoms with E-state index >= 15 is 4.39 Å². The lowest BCUT2D eigenvalue weighted by molar-refractivity contribution is 0.0714. The van der Waals surface area contributed by atoms with Crippen LogP contribution in [0.25, 0.3) is 10.9 Å². The van der Waals surface area contributed by atoms with Crippen LogP contribution in [-0.2, 0) is 6.54 Å². The van der Waals surface area contributed by atoms with Gasteiger partial charge in [0.25, 0.3) is 11.8 Å². The zero-order valence-corrected chi connectivity index (χ0v) is 23.7. The van der Waals surface area contributed by atoms with Gasteiger partial charge in [-0.2, -0.15) is 0 Å². The van der Waals surface area contributed by atoms with Crippen molar-refractivity contribution in [2.45, 2.75) is 71.8 Å². The van der Waals surface area contributed by atoms with Crippen molar-refractivity contribution in [3.8, 4) is 0 Å². The van der Waals surface area contributed by atoms with Crippen molar-refractivity contribution in [3.05, 3.63) is 64.1 Å². The summed E-state index contributed by atoms with van der Waals surface area (Å²) in [4.78, 5) is 42.3. The number of piperazine rings is 1. The number of anilines is 1. The topological polar surface area (TPSA) is 87.8 Å². The molecular weight excluding hydrogens is 511 g/mol. The van der Waals surface area contributed by atoms with Gasteiger partial charge in [-0.3, -0.25) is 14.4 Å². The summed E-state index contributed by atoms with van der Waals surface area (Å²) in [6.07, 6.45) is 12.4. The van der Waals surface area contributed by atoms with Gasteiger partial charge in [0.2, 0.25) is 5.43 Å². The monoisotopic (exact) mass is 552 g/mol. The van der Waals surface area contributed by atoms with E-state index in [1.54, 1.807) is 29.3 Å². The highest BCUT2D eigenvalue weighted by molar-refractivity contribution is 5.98. The van der Waals surface area contributed by atoms with Crippen molar-refractivity contribution < 1.29 is 18.4 Å². The number of hydrogen-bond donors (Lipinski definition) is 1. The largest absolute Gasteiger partial charge is 0.459 e. The highest BCUT2D eigenvalue weighted by Gasteiger charge is 2.26. The minimum atomic E-state index is -0.519. The Morgan fingerprint density at radius 3 is 2.33 bits per heavy atom. The summed E-state index contributed by atoms with van der Waals surface area (Å²) in [6.45, 7) is 6.92. The average molecular weight is 553 g/mol. The standard InChI is InChI=1S/C31H41FN4O4/c1-3-5-6-7-8-9-10-11-14-33-30(38)24-22-34(4-2)26-21-27(25(32)20-23(26)29(24)37)35-15-17-36(18-16-35)31(39)28-13-12-19-40-28/h12-13,19-22H,3-11,14-18H2,1-2H3,(H,33,38). The number of aromatic nitrogens is 1. The van der Waals surface area contributed by atoms with E-state index in [9.17, 15) is 14.4 Å². The number of nitrogens with one attached hydrogen (secondary N) is 1. The molecule has 1 aromatic carbocycles. The van der Waals surface area contributed by atoms with Crippen LogP contribution in [0.15, 0.2) is 45.9 Å². The van der Waals surface area contributed by atoms with Crippen LogP contribution >= 0.6 is 0 Å². The Balaban J connectivity index is 1.41. The Hall–Kier alpha value is -3.62. The maximum absolute atomic E-state index is 15.4. The van der Waals surface area contributed by atoms with Gasteiger partial charge in [-0.25, -0.2) is 4.39 Å². The first-order valence-corrected chi connectivity index (χ1v) is 14.7. The van der Waals surface area contributed by atoms with Crippen LogP contribution in [0.1, 0.15) is 86.1 Å². The molecule has 0 saturated carbocycles. The van der Waals surface area contributed by atoms with Crippen LogP contribution in [0, 0.1) is 5.82 Å². The Bertz CT molecular complexity index is 1340. The molecule has 8 nitrogen and oxygen atoms in total. The van der Waals surface area contributed by atoms with E-state index in [1.807, 2.05) is 16.4 Å². The molecule has 3 aromatic rings. The number of amides is 2. The molecule has 1 fully saturated rings. The smallest absolute Gasteiger partial charge is 0.289 e. The Labute approximate surface area is 235 Å². The lowest BCUT2D eigenvalue weighted by atomic mass is 10.1. The van der Waals surface area contributed by atoms with Crippen molar-refractivity contribution >= 4 is 28.4 Å². The van der Waals surface area contributed by atoms with Crippen molar-refractivity contribution in [3.63, 3.8) is 0 Å². The van der Waals surface area contributed by atoms with Crippen LogP contribution in [0.5, 0.6) is 0 Å². The minimum Gasteiger partial charge on any atom is -0.459 e. The molecule has 40 heavy (non-hydrogen) atoms. The van der Waals surface area contributed by atoms with Crippen molar-refractivity contribution in [1.29, 1.82) is 0 Å². The normalized spacial score (nSPS) is 13.7. The van der Waals surface area contributed by atoms with Crippen LogP contribution < -0.4 is 15.6 Å². The second-order valence-corrected chi connectivity index (χ2v) is 10.5. The van der Waals surface area contributed by atoms with E-state index in [0.29, 0.717) is 50.5 Å². The van der Waals surface area contributed by atoms with Gasteiger partial charge in [-0.05, 0) is 37.6 Å². The maximum atomic E-state index is 15.4. The lowest BCUT2D eigenvalue weighted by Gasteiger charge is -2.36. The van der Waals surface area contributed by atoms with Crippen LogP contribution in [-0.4, -0.2) is 54.0 Å². The average Bonchev–Trinajstić information content (AvgIpc) is 3.51. The molecule has 0 atom stereocenters. The molecule has 2 amide bonds. The quantitative estimate of drug-likeness (QED) is 0.280. The Morgan fingerprint density at radius 1 is 0.975 bits per heavy atom.